The Morgan fingerprint density at radius 3 is 2.84 bits per heavy atom. The first-order chi connectivity index (χ1) is 9.17. The lowest BCUT2D eigenvalue weighted by Crippen LogP contribution is -2.21. The first-order valence-electron chi connectivity index (χ1n) is 6.07. The van der Waals surface area contributed by atoms with E-state index in [1.165, 1.54) is 0 Å². The van der Waals surface area contributed by atoms with Gasteiger partial charge in [-0.3, -0.25) is 0 Å². The van der Waals surface area contributed by atoms with Crippen LogP contribution in [0.2, 0.25) is 5.02 Å². The van der Waals surface area contributed by atoms with Crippen molar-refractivity contribution in [1.29, 1.82) is 0 Å². The van der Waals surface area contributed by atoms with Gasteiger partial charge in [-0.2, -0.15) is 0 Å². The lowest BCUT2D eigenvalue weighted by atomic mass is 10.2. The molecular weight excluding hydrogens is 270 g/mol. The summed E-state index contributed by atoms with van der Waals surface area (Å²) >= 11 is 6.07. The highest BCUT2D eigenvalue weighted by molar-refractivity contribution is 6.32. The molecule has 0 radical (unpaired) electrons. The molecule has 0 saturated heterocycles. The first-order valence-corrected chi connectivity index (χ1v) is 6.45. The van der Waals surface area contributed by atoms with Crippen LogP contribution < -0.4 is 10.1 Å². The molecule has 6 heteroatoms. The maximum absolute atomic E-state index is 9.19. The average Bonchev–Trinajstić information content (AvgIpc) is 2.42. The van der Waals surface area contributed by atoms with Gasteiger partial charge in [0.05, 0.1) is 18.2 Å². The zero-order chi connectivity index (χ0) is 14.1. The van der Waals surface area contributed by atoms with Crippen LogP contribution in [0.4, 0.5) is 0 Å². The van der Waals surface area contributed by atoms with E-state index in [4.69, 9.17) is 26.2 Å². The molecule has 3 N–H and O–H groups in total. The van der Waals surface area contributed by atoms with Crippen LogP contribution in [0, 0.1) is 0 Å². The topological polar surface area (TPSA) is 71.0 Å². The molecule has 1 unspecified atom stereocenters. The summed E-state index contributed by atoms with van der Waals surface area (Å²) in [5.41, 5.74) is 1.04. The van der Waals surface area contributed by atoms with Gasteiger partial charge in [0.1, 0.15) is 18.5 Å². The summed E-state index contributed by atoms with van der Waals surface area (Å²) < 4.78 is 10.2. The monoisotopic (exact) mass is 289 g/mol. The molecule has 0 bridgehead atoms. The van der Waals surface area contributed by atoms with Crippen LogP contribution in [-0.2, 0) is 11.3 Å². The number of rotatable bonds is 9. The fraction of sp³-hybridized carbons (Fsp3) is 0.538. The largest absolute Gasteiger partial charge is 0.489 e. The van der Waals surface area contributed by atoms with Gasteiger partial charge in [-0.15, -0.1) is 0 Å². The second-order valence-electron chi connectivity index (χ2n) is 4.08. The van der Waals surface area contributed by atoms with Gasteiger partial charge < -0.3 is 25.0 Å². The van der Waals surface area contributed by atoms with Gasteiger partial charge in [0.25, 0.3) is 0 Å². The van der Waals surface area contributed by atoms with Gasteiger partial charge in [0.2, 0.25) is 0 Å². The van der Waals surface area contributed by atoms with Gasteiger partial charge in [-0.25, -0.2) is 0 Å². The van der Waals surface area contributed by atoms with E-state index in [0.717, 1.165) is 12.1 Å². The van der Waals surface area contributed by atoms with Gasteiger partial charge in [0, 0.05) is 20.2 Å². The molecule has 0 saturated carbocycles. The number of benzene rings is 1. The summed E-state index contributed by atoms with van der Waals surface area (Å²) in [6, 6.07) is 5.45. The zero-order valence-corrected chi connectivity index (χ0v) is 11.7. The fourth-order valence-electron chi connectivity index (χ4n) is 1.42. The molecule has 5 nitrogen and oxygen atoms in total. The van der Waals surface area contributed by atoms with Crippen molar-refractivity contribution < 1.29 is 19.7 Å². The molecule has 1 aromatic rings. The van der Waals surface area contributed by atoms with E-state index in [9.17, 15) is 5.11 Å². The second-order valence-corrected chi connectivity index (χ2v) is 4.49. The first kappa shape index (κ1) is 16.2. The highest BCUT2D eigenvalue weighted by Gasteiger charge is 2.07. The predicted molar refractivity (Wildman–Crippen MR) is 73.6 cm³/mol. The summed E-state index contributed by atoms with van der Waals surface area (Å²) in [6.07, 6.45) is -0.897. The normalized spacial score (nSPS) is 12.4. The number of ether oxygens (including phenoxy) is 2. The molecule has 0 amide bonds. The van der Waals surface area contributed by atoms with Crippen LogP contribution in [0.25, 0.3) is 0 Å². The smallest absolute Gasteiger partial charge is 0.138 e. The molecule has 0 aliphatic carbocycles. The lowest BCUT2D eigenvalue weighted by molar-refractivity contribution is 0.0536. The molecule has 0 heterocycles. The van der Waals surface area contributed by atoms with Gasteiger partial charge in [-0.05, 0) is 17.7 Å². The van der Waals surface area contributed by atoms with Gasteiger partial charge >= 0.3 is 0 Å². The van der Waals surface area contributed by atoms with Gasteiger partial charge in [-0.1, -0.05) is 17.7 Å². The Hall–Kier alpha value is -0.850. The second kappa shape index (κ2) is 9.12. The highest BCUT2D eigenvalue weighted by Crippen LogP contribution is 2.25. The van der Waals surface area contributed by atoms with Crippen LogP contribution in [0.3, 0.4) is 0 Å². The molecule has 19 heavy (non-hydrogen) atoms. The van der Waals surface area contributed by atoms with E-state index in [1.54, 1.807) is 13.2 Å². The lowest BCUT2D eigenvalue weighted by Gasteiger charge is -2.12. The van der Waals surface area contributed by atoms with Crippen molar-refractivity contribution in [2.45, 2.75) is 12.6 Å². The highest BCUT2D eigenvalue weighted by atomic mass is 35.5. The van der Waals surface area contributed by atoms with E-state index in [1.807, 2.05) is 12.1 Å². The minimum Gasteiger partial charge on any atom is -0.489 e. The van der Waals surface area contributed by atoms with E-state index in [-0.39, 0.29) is 13.2 Å². The van der Waals surface area contributed by atoms with E-state index >= 15 is 0 Å². The van der Waals surface area contributed by atoms with Crippen molar-refractivity contribution >= 4 is 11.6 Å². The summed E-state index contributed by atoms with van der Waals surface area (Å²) in [5, 5.41) is 21.6. The Bertz CT molecular complexity index is 376. The molecule has 1 aromatic carbocycles. The Labute approximate surface area is 118 Å². The number of hydrogen-bond acceptors (Lipinski definition) is 5. The standard InChI is InChI=1S/C13H20ClNO4/c1-18-5-4-15-7-10-2-3-13(12(14)6-10)19-9-11(17)8-16/h2-3,6,11,15-17H,4-5,7-9H2,1H3. The third-order valence-corrected chi connectivity index (χ3v) is 2.75. The fourth-order valence-corrected chi connectivity index (χ4v) is 1.67. The van der Waals surface area contributed by atoms with Crippen molar-refractivity contribution in [3.63, 3.8) is 0 Å². The predicted octanol–water partition coefficient (Wildman–Crippen LogP) is 0.808. The third kappa shape index (κ3) is 6.22. The van der Waals surface area contributed by atoms with Crippen LogP contribution in [-0.4, -0.2) is 49.8 Å². The van der Waals surface area contributed by atoms with Crippen LogP contribution in [0.5, 0.6) is 5.75 Å². The Balaban J connectivity index is 2.45. The molecule has 0 aliphatic heterocycles. The van der Waals surface area contributed by atoms with E-state index in [0.29, 0.717) is 23.9 Å². The quantitative estimate of drug-likeness (QED) is 0.587. The molecule has 1 atom stereocenters. The molecule has 108 valence electrons. The number of halogens is 1. The number of aliphatic hydroxyl groups is 2. The SMILES string of the molecule is COCCNCc1ccc(OCC(O)CO)c(Cl)c1. The Morgan fingerprint density at radius 1 is 1.42 bits per heavy atom. The van der Waals surface area contributed by atoms with Crippen molar-refractivity contribution in [3.8, 4) is 5.75 Å². The molecule has 0 spiro atoms. The zero-order valence-electron chi connectivity index (χ0n) is 10.9. The number of aliphatic hydroxyl groups excluding tert-OH is 2. The molecule has 1 rings (SSSR count). The minimum atomic E-state index is -0.897. The number of hydrogen-bond donors (Lipinski definition) is 3. The van der Waals surface area contributed by atoms with Crippen LogP contribution in [0.1, 0.15) is 5.56 Å². The maximum Gasteiger partial charge on any atom is 0.138 e. The molecule has 0 aliphatic rings. The van der Waals surface area contributed by atoms with Crippen molar-refractivity contribution in [2.75, 3.05) is 33.5 Å². The van der Waals surface area contributed by atoms with Gasteiger partial charge in [0.15, 0.2) is 0 Å². The molecule has 0 aromatic heterocycles. The van der Waals surface area contributed by atoms with E-state index in [2.05, 4.69) is 5.32 Å². The Kier molecular flexibility index (Phi) is 7.78. The maximum atomic E-state index is 9.19. The van der Waals surface area contributed by atoms with Crippen molar-refractivity contribution in [3.05, 3.63) is 28.8 Å². The summed E-state index contributed by atoms with van der Waals surface area (Å²) in [7, 11) is 1.66. The third-order valence-electron chi connectivity index (χ3n) is 2.45. The van der Waals surface area contributed by atoms with Crippen LogP contribution >= 0.6 is 11.6 Å². The molecule has 0 fully saturated rings. The van der Waals surface area contributed by atoms with Crippen molar-refractivity contribution in [2.24, 2.45) is 0 Å². The number of nitrogens with one attached hydrogen (secondary N) is 1. The molecular formula is C13H20ClNO4. The summed E-state index contributed by atoms with van der Waals surface area (Å²) in [5.74, 6) is 0.495. The minimum absolute atomic E-state index is 0.0155. The Morgan fingerprint density at radius 2 is 2.21 bits per heavy atom. The summed E-state index contributed by atoms with van der Waals surface area (Å²) in [4.78, 5) is 0. The average molecular weight is 290 g/mol. The van der Waals surface area contributed by atoms with Crippen molar-refractivity contribution in [1.82, 2.24) is 5.32 Å². The van der Waals surface area contributed by atoms with Crippen LogP contribution in [0.15, 0.2) is 18.2 Å². The number of methoxy groups -OCH3 is 1. The van der Waals surface area contributed by atoms with E-state index < -0.39 is 6.10 Å². The summed E-state index contributed by atoms with van der Waals surface area (Å²) in [6.45, 7) is 1.81.